The van der Waals surface area contributed by atoms with Crippen LogP contribution in [0, 0.1) is 5.82 Å². The molecule has 1 aliphatic rings. The van der Waals surface area contributed by atoms with Gasteiger partial charge in [-0.2, -0.15) is 0 Å². The number of nitrogens with zero attached hydrogens (tertiary/aromatic N) is 1. The molecule has 0 bridgehead atoms. The number of nitrogens with one attached hydrogen (secondary N) is 1. The molecule has 0 fully saturated rings. The quantitative estimate of drug-likeness (QED) is 0.926. The summed E-state index contributed by atoms with van der Waals surface area (Å²) in [6.45, 7) is 3.40. The minimum Gasteiger partial charge on any atom is -0.366 e. The Morgan fingerprint density at radius 3 is 2.87 bits per heavy atom. The molecule has 1 N–H and O–H groups in total. The molecule has 1 amide bonds. The zero-order valence-corrected chi connectivity index (χ0v) is 13.6. The zero-order chi connectivity index (χ0) is 16.4. The SMILES string of the molecule is C[C@H](CNC(=O)c1c(F)cccc1Cl)N1CCc2ccccc21. The van der Waals surface area contributed by atoms with Gasteiger partial charge in [0.05, 0.1) is 10.6 Å². The van der Waals surface area contributed by atoms with Crippen molar-refractivity contribution in [1.29, 1.82) is 0 Å². The highest BCUT2D eigenvalue weighted by Crippen LogP contribution is 2.29. The molecule has 3 rings (SSSR count). The zero-order valence-electron chi connectivity index (χ0n) is 12.9. The summed E-state index contributed by atoms with van der Waals surface area (Å²) in [5.41, 5.74) is 2.43. The maximum absolute atomic E-state index is 13.8. The van der Waals surface area contributed by atoms with Crippen molar-refractivity contribution in [1.82, 2.24) is 5.32 Å². The molecular weight excluding hydrogens is 315 g/mol. The van der Waals surface area contributed by atoms with E-state index >= 15 is 0 Å². The molecule has 0 saturated heterocycles. The molecule has 0 aliphatic carbocycles. The fourth-order valence-corrected chi connectivity index (χ4v) is 3.22. The van der Waals surface area contributed by atoms with Gasteiger partial charge in [-0.15, -0.1) is 0 Å². The van der Waals surface area contributed by atoms with Gasteiger partial charge in [0.15, 0.2) is 0 Å². The van der Waals surface area contributed by atoms with Gasteiger partial charge in [0.2, 0.25) is 0 Å². The van der Waals surface area contributed by atoms with Crippen molar-refractivity contribution in [2.75, 3.05) is 18.0 Å². The van der Waals surface area contributed by atoms with Crippen LogP contribution in [0.25, 0.3) is 0 Å². The summed E-state index contributed by atoms with van der Waals surface area (Å²) in [6.07, 6.45) is 1.01. The van der Waals surface area contributed by atoms with Gasteiger partial charge in [0.1, 0.15) is 5.82 Å². The van der Waals surface area contributed by atoms with E-state index in [4.69, 9.17) is 11.6 Å². The van der Waals surface area contributed by atoms with Gasteiger partial charge >= 0.3 is 0 Å². The highest BCUT2D eigenvalue weighted by molar-refractivity contribution is 6.33. The van der Waals surface area contributed by atoms with Crippen LogP contribution in [0.1, 0.15) is 22.8 Å². The molecule has 5 heteroatoms. The summed E-state index contributed by atoms with van der Waals surface area (Å²) in [6, 6.07) is 12.6. The molecule has 1 aliphatic heterocycles. The third-order valence-corrected chi connectivity index (χ3v) is 4.52. The number of benzene rings is 2. The van der Waals surface area contributed by atoms with Gasteiger partial charge in [0.25, 0.3) is 5.91 Å². The van der Waals surface area contributed by atoms with Crippen molar-refractivity contribution in [2.24, 2.45) is 0 Å². The van der Waals surface area contributed by atoms with Gasteiger partial charge in [-0.25, -0.2) is 4.39 Å². The minimum absolute atomic E-state index is 0.0943. The monoisotopic (exact) mass is 332 g/mol. The number of amides is 1. The van der Waals surface area contributed by atoms with Crippen molar-refractivity contribution in [3.05, 3.63) is 64.4 Å². The van der Waals surface area contributed by atoms with Crippen LogP contribution in [0.3, 0.4) is 0 Å². The molecule has 3 nitrogen and oxygen atoms in total. The first-order valence-corrected chi connectivity index (χ1v) is 8.02. The number of hydrogen-bond acceptors (Lipinski definition) is 2. The summed E-state index contributed by atoms with van der Waals surface area (Å²) in [5.74, 6) is -1.08. The van der Waals surface area contributed by atoms with E-state index in [2.05, 4.69) is 22.3 Å². The highest BCUT2D eigenvalue weighted by atomic mass is 35.5. The van der Waals surface area contributed by atoms with Crippen LogP contribution in [0.4, 0.5) is 10.1 Å². The fourth-order valence-electron chi connectivity index (χ4n) is 2.98. The molecule has 0 saturated carbocycles. The first-order chi connectivity index (χ1) is 11.1. The van der Waals surface area contributed by atoms with Gasteiger partial charge < -0.3 is 10.2 Å². The summed E-state index contributed by atoms with van der Waals surface area (Å²) in [7, 11) is 0. The Labute approximate surface area is 140 Å². The number of carbonyl (C=O) groups excluding carboxylic acids is 1. The second kappa shape index (κ2) is 6.59. The number of halogens is 2. The Hall–Kier alpha value is -2.07. The maximum Gasteiger partial charge on any atom is 0.255 e. The van der Waals surface area contributed by atoms with E-state index in [1.54, 1.807) is 0 Å². The van der Waals surface area contributed by atoms with E-state index in [1.165, 1.54) is 29.4 Å². The van der Waals surface area contributed by atoms with Gasteiger partial charge in [-0.3, -0.25) is 4.79 Å². The third-order valence-electron chi connectivity index (χ3n) is 4.20. The summed E-state index contributed by atoms with van der Waals surface area (Å²) in [5, 5.41) is 2.91. The van der Waals surface area contributed by atoms with Crippen molar-refractivity contribution < 1.29 is 9.18 Å². The largest absolute Gasteiger partial charge is 0.366 e. The molecule has 0 unspecified atom stereocenters. The third kappa shape index (κ3) is 3.17. The Morgan fingerprint density at radius 1 is 1.30 bits per heavy atom. The van der Waals surface area contributed by atoms with Crippen LogP contribution in [0.2, 0.25) is 5.02 Å². The van der Waals surface area contributed by atoms with E-state index < -0.39 is 11.7 Å². The van der Waals surface area contributed by atoms with E-state index in [9.17, 15) is 9.18 Å². The van der Waals surface area contributed by atoms with E-state index in [0.717, 1.165) is 13.0 Å². The second-order valence-corrected chi connectivity index (χ2v) is 6.14. The van der Waals surface area contributed by atoms with Gasteiger partial charge in [0, 0.05) is 24.8 Å². The fraction of sp³-hybridized carbons (Fsp3) is 0.278. The lowest BCUT2D eigenvalue weighted by Crippen LogP contribution is -2.41. The van der Waals surface area contributed by atoms with Crippen LogP contribution in [0.5, 0.6) is 0 Å². The van der Waals surface area contributed by atoms with E-state index in [0.29, 0.717) is 6.54 Å². The minimum atomic E-state index is -0.603. The molecule has 2 aromatic carbocycles. The van der Waals surface area contributed by atoms with Crippen LogP contribution < -0.4 is 10.2 Å². The van der Waals surface area contributed by atoms with Crippen LogP contribution in [-0.4, -0.2) is 25.0 Å². The molecule has 1 atom stereocenters. The standard InChI is InChI=1S/C18H18ClFN2O/c1-12(22-10-9-13-5-2-3-8-16(13)22)11-21-18(23)17-14(19)6-4-7-15(17)20/h2-8,12H,9-11H2,1H3,(H,21,23)/t12-/m1/s1. The second-order valence-electron chi connectivity index (χ2n) is 5.73. The first-order valence-electron chi connectivity index (χ1n) is 7.64. The summed E-state index contributed by atoms with van der Waals surface area (Å²) in [4.78, 5) is 14.5. The molecule has 0 spiro atoms. The Morgan fingerprint density at radius 2 is 2.09 bits per heavy atom. The summed E-state index contributed by atoms with van der Waals surface area (Å²) >= 11 is 5.92. The molecule has 1 heterocycles. The Kier molecular flexibility index (Phi) is 4.53. The normalized spacial score (nSPS) is 14.5. The van der Waals surface area contributed by atoms with Gasteiger partial charge in [-0.1, -0.05) is 35.9 Å². The molecule has 2 aromatic rings. The van der Waals surface area contributed by atoms with Crippen molar-refractivity contribution >= 4 is 23.2 Å². The number of hydrogen-bond donors (Lipinski definition) is 1. The highest BCUT2D eigenvalue weighted by Gasteiger charge is 2.24. The van der Waals surface area contributed by atoms with Crippen molar-refractivity contribution in [2.45, 2.75) is 19.4 Å². The van der Waals surface area contributed by atoms with Gasteiger partial charge in [-0.05, 0) is 37.1 Å². The lowest BCUT2D eigenvalue weighted by molar-refractivity contribution is 0.0947. The molecular formula is C18H18ClFN2O. The van der Waals surface area contributed by atoms with Crippen molar-refractivity contribution in [3.8, 4) is 0 Å². The lowest BCUT2D eigenvalue weighted by atomic mass is 10.1. The Balaban J connectivity index is 1.66. The number of para-hydroxylation sites is 1. The van der Waals surface area contributed by atoms with E-state index in [-0.39, 0.29) is 16.6 Å². The average Bonchev–Trinajstić information content (AvgIpc) is 2.96. The van der Waals surface area contributed by atoms with Crippen molar-refractivity contribution in [3.63, 3.8) is 0 Å². The average molecular weight is 333 g/mol. The maximum atomic E-state index is 13.8. The molecule has 120 valence electrons. The molecule has 23 heavy (non-hydrogen) atoms. The number of fused-ring (bicyclic) bond motifs is 1. The number of anilines is 1. The predicted molar refractivity (Wildman–Crippen MR) is 90.7 cm³/mol. The molecule has 0 aromatic heterocycles. The topological polar surface area (TPSA) is 32.3 Å². The van der Waals surface area contributed by atoms with E-state index in [1.807, 2.05) is 19.1 Å². The first kappa shape index (κ1) is 15.8. The van der Waals surface area contributed by atoms with Crippen LogP contribution in [-0.2, 0) is 6.42 Å². The number of rotatable bonds is 4. The Bertz CT molecular complexity index is 714. The van der Waals surface area contributed by atoms with Crippen LogP contribution in [0.15, 0.2) is 42.5 Å². The predicted octanol–water partition coefficient (Wildman–Crippen LogP) is 3.66. The smallest absolute Gasteiger partial charge is 0.255 e. The molecule has 0 radical (unpaired) electrons. The number of carbonyl (C=O) groups is 1. The summed E-state index contributed by atoms with van der Waals surface area (Å²) < 4.78 is 13.8. The van der Waals surface area contributed by atoms with Crippen LogP contribution >= 0.6 is 11.6 Å². The lowest BCUT2D eigenvalue weighted by Gasteiger charge is -2.27.